The average Bonchev–Trinajstić information content (AvgIpc) is 2.98. The SMILES string of the molecule is COc1ccc(CN(C(=O)COc2ccccc2Cl)C(Cc2ccccc2)C(=O)NCc2ccccc2Cl)cc1. The van der Waals surface area contributed by atoms with Crippen molar-refractivity contribution in [1.29, 1.82) is 0 Å². The number of carbonyl (C=O) groups is 2. The molecule has 0 fully saturated rings. The number of rotatable bonds is 12. The number of nitrogens with zero attached hydrogens (tertiary/aromatic N) is 1. The van der Waals surface area contributed by atoms with Crippen molar-refractivity contribution in [3.63, 3.8) is 0 Å². The largest absolute Gasteiger partial charge is 0.497 e. The van der Waals surface area contributed by atoms with E-state index >= 15 is 0 Å². The quantitative estimate of drug-likeness (QED) is 0.214. The lowest BCUT2D eigenvalue weighted by Crippen LogP contribution is -2.51. The Hall–Kier alpha value is -4.00. The first-order valence-corrected chi connectivity index (χ1v) is 13.5. The lowest BCUT2D eigenvalue weighted by molar-refractivity contribution is -0.142. The number of hydrogen-bond acceptors (Lipinski definition) is 4. The molecule has 4 aromatic rings. The van der Waals surface area contributed by atoms with Crippen LogP contribution in [0.25, 0.3) is 0 Å². The van der Waals surface area contributed by atoms with E-state index in [9.17, 15) is 9.59 Å². The summed E-state index contributed by atoms with van der Waals surface area (Å²) in [5.74, 6) is 0.430. The number of halogens is 2. The van der Waals surface area contributed by atoms with Crippen LogP contribution in [0.4, 0.5) is 0 Å². The Morgan fingerprint density at radius 2 is 1.45 bits per heavy atom. The zero-order valence-corrected chi connectivity index (χ0v) is 23.6. The second-order valence-electron chi connectivity index (χ2n) is 9.10. The molecule has 0 heterocycles. The van der Waals surface area contributed by atoms with Crippen LogP contribution in [0, 0.1) is 0 Å². The van der Waals surface area contributed by atoms with Gasteiger partial charge in [0.1, 0.15) is 17.5 Å². The number of carbonyl (C=O) groups excluding carboxylic acids is 2. The third-order valence-electron chi connectivity index (χ3n) is 6.38. The van der Waals surface area contributed by atoms with E-state index in [-0.39, 0.29) is 31.5 Å². The van der Waals surface area contributed by atoms with Crippen LogP contribution in [0.5, 0.6) is 11.5 Å². The van der Waals surface area contributed by atoms with Crippen LogP contribution in [-0.4, -0.2) is 36.5 Å². The van der Waals surface area contributed by atoms with Crippen LogP contribution in [0.15, 0.2) is 103 Å². The molecule has 206 valence electrons. The van der Waals surface area contributed by atoms with E-state index in [0.717, 1.165) is 16.7 Å². The topological polar surface area (TPSA) is 67.9 Å². The molecule has 0 aliphatic carbocycles. The zero-order valence-electron chi connectivity index (χ0n) is 22.1. The summed E-state index contributed by atoms with van der Waals surface area (Å²) in [6, 6.07) is 30.4. The average molecular weight is 578 g/mol. The Morgan fingerprint density at radius 1 is 0.800 bits per heavy atom. The van der Waals surface area contributed by atoms with Crippen LogP contribution < -0.4 is 14.8 Å². The van der Waals surface area contributed by atoms with E-state index in [1.807, 2.05) is 72.8 Å². The lowest BCUT2D eigenvalue weighted by Gasteiger charge is -2.31. The van der Waals surface area contributed by atoms with Crippen LogP contribution in [0.2, 0.25) is 10.0 Å². The van der Waals surface area contributed by atoms with Gasteiger partial charge in [-0.2, -0.15) is 0 Å². The van der Waals surface area contributed by atoms with Crippen molar-refractivity contribution in [2.75, 3.05) is 13.7 Å². The molecule has 0 saturated heterocycles. The lowest BCUT2D eigenvalue weighted by atomic mass is 10.0. The molecule has 0 bridgehead atoms. The third kappa shape index (κ3) is 8.01. The maximum Gasteiger partial charge on any atom is 0.261 e. The summed E-state index contributed by atoms with van der Waals surface area (Å²) in [6.07, 6.45) is 0.309. The van der Waals surface area contributed by atoms with Crippen LogP contribution >= 0.6 is 23.2 Å². The monoisotopic (exact) mass is 576 g/mol. The van der Waals surface area contributed by atoms with E-state index in [1.54, 1.807) is 42.3 Å². The predicted octanol–water partition coefficient (Wildman–Crippen LogP) is 6.34. The molecule has 0 aromatic heterocycles. The molecule has 6 nitrogen and oxygen atoms in total. The molecule has 0 radical (unpaired) electrons. The Balaban J connectivity index is 1.63. The van der Waals surface area contributed by atoms with Gasteiger partial charge in [0.2, 0.25) is 5.91 Å². The molecule has 2 amide bonds. The van der Waals surface area contributed by atoms with Crippen LogP contribution in [-0.2, 0) is 29.1 Å². The number of nitrogens with one attached hydrogen (secondary N) is 1. The molecule has 1 N–H and O–H groups in total. The van der Waals surface area contributed by atoms with Crippen molar-refractivity contribution in [2.24, 2.45) is 0 Å². The maximum atomic E-state index is 13.8. The minimum Gasteiger partial charge on any atom is -0.497 e. The van der Waals surface area contributed by atoms with Gasteiger partial charge in [0, 0.05) is 24.5 Å². The van der Waals surface area contributed by atoms with E-state index < -0.39 is 6.04 Å². The second kappa shape index (κ2) is 14.4. The van der Waals surface area contributed by atoms with Gasteiger partial charge in [-0.25, -0.2) is 0 Å². The third-order valence-corrected chi connectivity index (χ3v) is 7.06. The first-order chi connectivity index (χ1) is 19.4. The standard InChI is InChI=1S/C32H30Cl2N2O4/c1-39-26-17-15-24(16-18-26)21-36(31(37)22-40-30-14-8-7-13-28(30)34)29(19-23-9-3-2-4-10-23)32(38)35-20-25-11-5-6-12-27(25)33/h2-18,29H,19-22H2,1H3,(H,35,38). The van der Waals surface area contributed by atoms with Gasteiger partial charge < -0.3 is 19.7 Å². The highest BCUT2D eigenvalue weighted by atomic mass is 35.5. The van der Waals surface area contributed by atoms with Gasteiger partial charge in [-0.3, -0.25) is 9.59 Å². The van der Waals surface area contributed by atoms with E-state index in [4.69, 9.17) is 32.7 Å². The number of hydrogen-bond donors (Lipinski definition) is 1. The molecular formula is C32H30Cl2N2O4. The van der Waals surface area contributed by atoms with Crippen molar-refractivity contribution in [3.8, 4) is 11.5 Å². The Bertz CT molecular complexity index is 1410. The van der Waals surface area contributed by atoms with Crippen LogP contribution in [0.3, 0.4) is 0 Å². The molecule has 4 rings (SSSR count). The van der Waals surface area contributed by atoms with E-state index in [0.29, 0.717) is 28.0 Å². The molecule has 0 spiro atoms. The van der Waals surface area contributed by atoms with Crippen LogP contribution in [0.1, 0.15) is 16.7 Å². The molecule has 40 heavy (non-hydrogen) atoms. The van der Waals surface area contributed by atoms with Crippen molar-refractivity contribution in [2.45, 2.75) is 25.6 Å². The molecule has 1 atom stereocenters. The van der Waals surface area contributed by atoms with Crippen molar-refractivity contribution >= 4 is 35.0 Å². The fraction of sp³-hybridized carbons (Fsp3) is 0.188. The fourth-order valence-corrected chi connectivity index (χ4v) is 4.60. The van der Waals surface area contributed by atoms with Gasteiger partial charge >= 0.3 is 0 Å². The van der Waals surface area contributed by atoms with Gasteiger partial charge in [-0.1, -0.05) is 96.0 Å². The van der Waals surface area contributed by atoms with Gasteiger partial charge in [0.25, 0.3) is 5.91 Å². The van der Waals surface area contributed by atoms with Gasteiger partial charge in [0.05, 0.1) is 12.1 Å². The molecule has 0 aliphatic heterocycles. The smallest absolute Gasteiger partial charge is 0.261 e. The van der Waals surface area contributed by atoms with Gasteiger partial charge in [-0.15, -0.1) is 0 Å². The Labute approximate surface area is 244 Å². The molecule has 4 aromatic carbocycles. The highest BCUT2D eigenvalue weighted by molar-refractivity contribution is 6.32. The summed E-state index contributed by atoms with van der Waals surface area (Å²) in [5, 5.41) is 3.94. The number of amides is 2. The molecule has 1 unspecified atom stereocenters. The highest BCUT2D eigenvalue weighted by Gasteiger charge is 2.31. The summed E-state index contributed by atoms with van der Waals surface area (Å²) in [4.78, 5) is 29.1. The number of benzene rings is 4. The summed E-state index contributed by atoms with van der Waals surface area (Å²) in [5.41, 5.74) is 2.54. The van der Waals surface area contributed by atoms with E-state index in [1.165, 1.54) is 0 Å². The summed E-state index contributed by atoms with van der Waals surface area (Å²) in [7, 11) is 1.59. The Morgan fingerprint density at radius 3 is 2.12 bits per heavy atom. The fourth-order valence-electron chi connectivity index (χ4n) is 4.21. The maximum absolute atomic E-state index is 13.8. The van der Waals surface area contributed by atoms with Gasteiger partial charge in [-0.05, 0) is 47.0 Å². The summed E-state index contributed by atoms with van der Waals surface area (Å²) < 4.78 is 11.1. The second-order valence-corrected chi connectivity index (χ2v) is 9.92. The molecule has 0 aliphatic rings. The summed E-state index contributed by atoms with van der Waals surface area (Å²) >= 11 is 12.6. The predicted molar refractivity (Wildman–Crippen MR) is 158 cm³/mol. The molecule has 8 heteroatoms. The van der Waals surface area contributed by atoms with Crippen molar-refractivity contribution in [1.82, 2.24) is 10.2 Å². The number of ether oxygens (including phenoxy) is 2. The minimum absolute atomic E-state index is 0.186. The first-order valence-electron chi connectivity index (χ1n) is 12.8. The molecule has 0 saturated carbocycles. The van der Waals surface area contributed by atoms with Gasteiger partial charge in [0.15, 0.2) is 6.61 Å². The zero-order chi connectivity index (χ0) is 28.3. The number of methoxy groups -OCH3 is 1. The number of para-hydroxylation sites is 1. The molecular weight excluding hydrogens is 547 g/mol. The van der Waals surface area contributed by atoms with Crippen molar-refractivity contribution in [3.05, 3.63) is 130 Å². The summed E-state index contributed by atoms with van der Waals surface area (Å²) in [6.45, 7) is 0.124. The normalized spacial score (nSPS) is 11.4. The highest BCUT2D eigenvalue weighted by Crippen LogP contribution is 2.24. The van der Waals surface area contributed by atoms with E-state index in [2.05, 4.69) is 5.32 Å². The van der Waals surface area contributed by atoms with Crippen molar-refractivity contribution < 1.29 is 19.1 Å². The minimum atomic E-state index is -0.825. The first kappa shape index (κ1) is 29.0. The Kier molecular flexibility index (Phi) is 10.4.